The minimum absolute atomic E-state index is 0.220. The summed E-state index contributed by atoms with van der Waals surface area (Å²) in [6.07, 6.45) is -1.87. The summed E-state index contributed by atoms with van der Waals surface area (Å²) >= 11 is 0. The molecule has 2 aromatic rings. The second kappa shape index (κ2) is 7.90. The van der Waals surface area contributed by atoms with Gasteiger partial charge in [0, 0.05) is 25.7 Å². The van der Waals surface area contributed by atoms with Crippen molar-refractivity contribution in [1.29, 1.82) is 0 Å². The van der Waals surface area contributed by atoms with Crippen LogP contribution in [-0.4, -0.2) is 106 Å². The lowest BCUT2D eigenvalue weighted by molar-refractivity contribution is -0.0616. The largest absolute Gasteiger partial charge is 0.388 e. The van der Waals surface area contributed by atoms with Crippen LogP contribution in [0.1, 0.15) is 11.8 Å². The molecule has 28 heavy (non-hydrogen) atoms. The summed E-state index contributed by atoms with van der Waals surface area (Å²) in [5.74, 6) is 0.352. The number of fused-ring (bicyclic) bond motifs is 1. The smallest absolute Gasteiger partial charge is 0.151 e. The molecule has 0 unspecified atom stereocenters. The second-order valence-electron chi connectivity index (χ2n) is 7.76. The molecule has 0 radical (unpaired) electrons. The Hall–Kier alpha value is -1.82. The topological polar surface area (TPSA) is 122 Å². The van der Waals surface area contributed by atoms with Crippen LogP contribution in [0.2, 0.25) is 0 Å². The van der Waals surface area contributed by atoms with Crippen molar-refractivity contribution in [3.63, 3.8) is 0 Å². The Morgan fingerprint density at radius 1 is 1.29 bits per heavy atom. The minimum atomic E-state index is -1.05. The van der Waals surface area contributed by atoms with Crippen molar-refractivity contribution in [2.24, 2.45) is 0 Å². The lowest BCUT2D eigenvalue weighted by Crippen LogP contribution is -2.53. The van der Waals surface area contributed by atoms with E-state index in [1.165, 1.54) is 6.33 Å². The Kier molecular flexibility index (Phi) is 5.50. The number of nitrogens with two attached hydrogens (primary N) is 1. The summed E-state index contributed by atoms with van der Waals surface area (Å²) in [5, 5.41) is 25.5. The van der Waals surface area contributed by atoms with E-state index in [-0.39, 0.29) is 6.04 Å². The lowest BCUT2D eigenvalue weighted by Gasteiger charge is -2.38. The van der Waals surface area contributed by atoms with Crippen molar-refractivity contribution < 1.29 is 19.7 Å². The van der Waals surface area contributed by atoms with Crippen molar-refractivity contribution >= 4 is 11.3 Å². The van der Waals surface area contributed by atoms with Crippen molar-refractivity contribution in [2.75, 3.05) is 52.7 Å². The first-order chi connectivity index (χ1) is 13.5. The molecule has 0 amide bonds. The van der Waals surface area contributed by atoms with Crippen LogP contribution >= 0.6 is 0 Å². The molecule has 2 fully saturated rings. The lowest BCUT2D eigenvalue weighted by atomic mass is 10.0. The van der Waals surface area contributed by atoms with Gasteiger partial charge in [-0.25, -0.2) is 9.50 Å². The summed E-state index contributed by atoms with van der Waals surface area (Å²) in [5.41, 5.74) is 7.18. The molecule has 4 heterocycles. The number of nitrogens with zero attached hydrogens (tertiary/aromatic N) is 5. The maximum Gasteiger partial charge on any atom is 0.151 e. The van der Waals surface area contributed by atoms with Crippen LogP contribution < -0.4 is 5.73 Å². The van der Waals surface area contributed by atoms with E-state index in [9.17, 15) is 10.2 Å². The van der Waals surface area contributed by atoms with Gasteiger partial charge < -0.3 is 30.3 Å². The molecule has 4 rings (SSSR count). The number of morpholine rings is 1. The number of aliphatic hydroxyl groups excluding tert-OH is 2. The number of hydrogen-bond acceptors (Lipinski definition) is 9. The van der Waals surface area contributed by atoms with Crippen LogP contribution in [0.15, 0.2) is 18.5 Å². The third-order valence-corrected chi connectivity index (χ3v) is 5.50. The normalized spacial score (nSPS) is 31.8. The molecule has 0 spiro atoms. The fourth-order valence-corrected chi connectivity index (χ4v) is 4.08. The predicted octanol–water partition coefficient (Wildman–Crippen LogP) is -1.26. The first kappa shape index (κ1) is 19.5. The molecule has 0 bridgehead atoms. The molecular formula is C18H28N6O4. The highest BCUT2D eigenvalue weighted by atomic mass is 16.5. The van der Waals surface area contributed by atoms with Gasteiger partial charge in [-0.3, -0.25) is 4.90 Å². The Morgan fingerprint density at radius 3 is 2.89 bits per heavy atom. The molecule has 2 aliphatic heterocycles. The zero-order valence-electron chi connectivity index (χ0n) is 16.2. The third-order valence-electron chi connectivity index (χ3n) is 5.50. The molecule has 0 aromatic carbocycles. The van der Waals surface area contributed by atoms with Gasteiger partial charge in [0.15, 0.2) is 5.82 Å². The van der Waals surface area contributed by atoms with Crippen molar-refractivity contribution in [3.05, 3.63) is 24.2 Å². The van der Waals surface area contributed by atoms with E-state index in [4.69, 9.17) is 15.2 Å². The molecule has 4 N–H and O–H groups in total. The van der Waals surface area contributed by atoms with E-state index in [0.29, 0.717) is 36.8 Å². The number of hydrogen-bond donors (Lipinski definition) is 3. The van der Waals surface area contributed by atoms with Crippen LogP contribution in [0.3, 0.4) is 0 Å². The van der Waals surface area contributed by atoms with E-state index in [0.717, 1.165) is 13.1 Å². The highest BCUT2D eigenvalue weighted by molar-refractivity contribution is 5.65. The molecule has 5 atom stereocenters. The molecule has 10 heteroatoms. The third kappa shape index (κ3) is 3.59. The molecule has 10 nitrogen and oxygen atoms in total. The zero-order valence-corrected chi connectivity index (χ0v) is 16.2. The van der Waals surface area contributed by atoms with Gasteiger partial charge in [-0.2, -0.15) is 5.10 Å². The van der Waals surface area contributed by atoms with E-state index in [1.807, 2.05) is 14.1 Å². The molecule has 2 saturated heterocycles. The maximum atomic E-state index is 10.7. The van der Waals surface area contributed by atoms with Crippen LogP contribution in [0.4, 0.5) is 5.82 Å². The average Bonchev–Trinajstić information content (AvgIpc) is 3.20. The minimum Gasteiger partial charge on any atom is -0.388 e. The average molecular weight is 392 g/mol. The Bertz CT molecular complexity index is 814. The number of aromatic nitrogens is 3. The Labute approximate surface area is 163 Å². The summed E-state index contributed by atoms with van der Waals surface area (Å²) in [7, 11) is 4.05. The van der Waals surface area contributed by atoms with Crippen molar-refractivity contribution in [3.8, 4) is 0 Å². The highest BCUT2D eigenvalue weighted by Gasteiger charge is 2.45. The number of aliphatic hydroxyl groups is 2. The standard InChI is InChI=1S/C18H28N6O4/c1-22(2)7-11-9-27-6-5-23(11)8-14-15(25)16(26)17(28-14)12-3-4-13-18(19)20-10-21-24(12)13/h3-4,10-11,14-17,25-26H,5-9H2,1-2H3,(H2,19,20,21)/t11-,14-,15-,16-,17+/m1/s1. The number of rotatable bonds is 5. The van der Waals surface area contributed by atoms with Gasteiger partial charge >= 0.3 is 0 Å². The first-order valence-corrected chi connectivity index (χ1v) is 9.52. The summed E-state index contributed by atoms with van der Waals surface area (Å²) in [4.78, 5) is 8.36. The van der Waals surface area contributed by atoms with Crippen molar-refractivity contribution in [2.45, 2.75) is 30.5 Å². The second-order valence-corrected chi connectivity index (χ2v) is 7.76. The van der Waals surface area contributed by atoms with Gasteiger partial charge in [-0.15, -0.1) is 0 Å². The summed E-state index contributed by atoms with van der Waals surface area (Å²) in [6, 6.07) is 3.81. The van der Waals surface area contributed by atoms with Gasteiger partial charge in [-0.1, -0.05) is 0 Å². The van der Waals surface area contributed by atoms with Gasteiger partial charge in [0.1, 0.15) is 30.2 Å². The number of anilines is 1. The number of likely N-dealkylation sites (N-methyl/N-ethyl adjacent to an activating group) is 1. The molecule has 0 saturated carbocycles. The Balaban J connectivity index is 1.52. The van der Waals surface area contributed by atoms with Crippen LogP contribution in [0.25, 0.3) is 5.52 Å². The molecule has 2 aromatic heterocycles. The fourth-order valence-electron chi connectivity index (χ4n) is 4.08. The SMILES string of the molecule is CN(C)C[C@@H]1COCCN1C[C@H]1O[C@@H](c2ccc3c(N)ncnn23)[C@H](O)[C@@H]1O. The molecule has 0 aliphatic carbocycles. The van der Waals surface area contributed by atoms with Gasteiger partial charge in [0.25, 0.3) is 0 Å². The summed E-state index contributed by atoms with van der Waals surface area (Å²) < 4.78 is 13.3. The Morgan fingerprint density at radius 2 is 2.11 bits per heavy atom. The summed E-state index contributed by atoms with van der Waals surface area (Å²) in [6.45, 7) is 3.44. The van der Waals surface area contributed by atoms with Gasteiger partial charge in [0.2, 0.25) is 0 Å². The highest BCUT2D eigenvalue weighted by Crippen LogP contribution is 2.35. The van der Waals surface area contributed by atoms with E-state index in [2.05, 4.69) is 19.9 Å². The van der Waals surface area contributed by atoms with E-state index < -0.39 is 24.4 Å². The molecule has 154 valence electrons. The van der Waals surface area contributed by atoms with Crippen LogP contribution in [0, 0.1) is 0 Å². The van der Waals surface area contributed by atoms with E-state index in [1.54, 1.807) is 16.6 Å². The van der Waals surface area contributed by atoms with Gasteiger partial charge in [0.05, 0.1) is 25.0 Å². The monoisotopic (exact) mass is 392 g/mol. The van der Waals surface area contributed by atoms with Crippen LogP contribution in [0.5, 0.6) is 0 Å². The maximum absolute atomic E-state index is 10.7. The number of nitrogen functional groups attached to an aromatic ring is 1. The fraction of sp³-hybridized carbons (Fsp3) is 0.667. The predicted molar refractivity (Wildman–Crippen MR) is 102 cm³/mol. The van der Waals surface area contributed by atoms with E-state index >= 15 is 0 Å². The zero-order chi connectivity index (χ0) is 19.8. The quantitative estimate of drug-likeness (QED) is 0.572. The molecular weight excluding hydrogens is 364 g/mol. The van der Waals surface area contributed by atoms with Crippen molar-refractivity contribution in [1.82, 2.24) is 24.4 Å². The van der Waals surface area contributed by atoms with Gasteiger partial charge in [-0.05, 0) is 26.2 Å². The number of ether oxygens (including phenoxy) is 2. The molecule has 2 aliphatic rings. The first-order valence-electron chi connectivity index (χ1n) is 9.52. The van der Waals surface area contributed by atoms with Crippen LogP contribution in [-0.2, 0) is 9.47 Å².